The summed E-state index contributed by atoms with van der Waals surface area (Å²) in [4.78, 5) is 12.1. The van der Waals surface area contributed by atoms with Crippen LogP contribution in [0, 0.1) is 17.1 Å². The van der Waals surface area contributed by atoms with Crippen LogP contribution < -0.4 is 0 Å². The van der Waals surface area contributed by atoms with E-state index in [0.29, 0.717) is 16.1 Å². The molecule has 0 aliphatic heterocycles. The smallest absolute Gasteiger partial charge is 0.164 e. The fourth-order valence-electron chi connectivity index (χ4n) is 1.87. The average molecular weight is 288 g/mol. The van der Waals surface area contributed by atoms with Gasteiger partial charge in [0.05, 0.1) is 12.0 Å². The Balaban J connectivity index is 2.14. The van der Waals surface area contributed by atoms with Crippen molar-refractivity contribution in [2.45, 2.75) is 12.3 Å². The summed E-state index contributed by atoms with van der Waals surface area (Å²) in [5, 5.41) is 9.72. The third-order valence-electron chi connectivity index (χ3n) is 2.98. The van der Waals surface area contributed by atoms with Crippen LogP contribution in [0.25, 0.3) is 0 Å². The maximum Gasteiger partial charge on any atom is 0.164 e. The second-order valence-electron chi connectivity index (χ2n) is 4.37. The molecule has 0 amide bonds. The Morgan fingerprint density at radius 3 is 2.30 bits per heavy atom. The van der Waals surface area contributed by atoms with E-state index >= 15 is 0 Å². The Labute approximate surface area is 121 Å². The largest absolute Gasteiger partial charge is 0.294 e. The first-order chi connectivity index (χ1) is 9.60. The molecular formula is C16H11ClFNO. The Kier molecular flexibility index (Phi) is 4.49. The Morgan fingerprint density at radius 2 is 1.75 bits per heavy atom. The van der Waals surface area contributed by atoms with Gasteiger partial charge in [0.1, 0.15) is 5.82 Å². The standard InChI is InChI=1S/C16H11ClFNO/c17-14-5-1-12(2-6-14)16(20)9-13(10-19)11-3-7-15(18)8-4-11/h1-8,13H,9H2/t13-/m1/s1. The zero-order chi connectivity index (χ0) is 14.5. The lowest BCUT2D eigenvalue weighted by atomic mass is 9.93. The molecule has 20 heavy (non-hydrogen) atoms. The molecule has 2 aromatic carbocycles. The summed E-state index contributed by atoms with van der Waals surface area (Å²) in [6.07, 6.45) is 0.0593. The second-order valence-corrected chi connectivity index (χ2v) is 4.80. The lowest BCUT2D eigenvalue weighted by Gasteiger charge is -2.08. The zero-order valence-corrected chi connectivity index (χ0v) is 11.3. The lowest BCUT2D eigenvalue weighted by Crippen LogP contribution is -2.06. The summed E-state index contributed by atoms with van der Waals surface area (Å²) < 4.78 is 12.9. The van der Waals surface area contributed by atoms with E-state index in [1.54, 1.807) is 24.3 Å². The second kappa shape index (κ2) is 6.31. The zero-order valence-electron chi connectivity index (χ0n) is 10.5. The van der Waals surface area contributed by atoms with Gasteiger partial charge in [-0.15, -0.1) is 0 Å². The van der Waals surface area contributed by atoms with Gasteiger partial charge < -0.3 is 0 Å². The number of halogens is 2. The predicted molar refractivity (Wildman–Crippen MR) is 75.2 cm³/mol. The SMILES string of the molecule is N#C[C@@H](CC(=O)c1ccc(Cl)cc1)c1ccc(F)cc1. The molecule has 0 unspecified atom stereocenters. The van der Waals surface area contributed by atoms with Crippen molar-refractivity contribution in [1.82, 2.24) is 0 Å². The highest BCUT2D eigenvalue weighted by atomic mass is 35.5. The van der Waals surface area contributed by atoms with Crippen LogP contribution in [0.5, 0.6) is 0 Å². The van der Waals surface area contributed by atoms with Crippen LogP contribution in [0.4, 0.5) is 4.39 Å². The quantitative estimate of drug-likeness (QED) is 0.784. The normalized spacial score (nSPS) is 11.7. The molecule has 0 bridgehead atoms. The first-order valence-corrected chi connectivity index (χ1v) is 6.42. The highest BCUT2D eigenvalue weighted by Gasteiger charge is 2.16. The summed E-state index contributed by atoms with van der Waals surface area (Å²) in [6.45, 7) is 0. The summed E-state index contributed by atoms with van der Waals surface area (Å²) in [5.74, 6) is -1.09. The number of hydrogen-bond acceptors (Lipinski definition) is 2. The molecule has 0 radical (unpaired) electrons. The molecule has 0 saturated heterocycles. The molecule has 0 aliphatic carbocycles. The first kappa shape index (κ1) is 14.2. The Bertz CT molecular complexity index is 644. The molecule has 2 rings (SSSR count). The molecule has 2 nitrogen and oxygen atoms in total. The number of nitrogens with zero attached hydrogens (tertiary/aromatic N) is 1. The van der Waals surface area contributed by atoms with Crippen molar-refractivity contribution in [2.75, 3.05) is 0 Å². The van der Waals surface area contributed by atoms with E-state index in [1.807, 2.05) is 0 Å². The summed E-state index contributed by atoms with van der Waals surface area (Å²) in [6, 6.07) is 14.2. The summed E-state index contributed by atoms with van der Waals surface area (Å²) in [5.41, 5.74) is 1.15. The fourth-order valence-corrected chi connectivity index (χ4v) is 2.00. The van der Waals surface area contributed by atoms with Gasteiger partial charge in [-0.3, -0.25) is 4.79 Å². The van der Waals surface area contributed by atoms with E-state index in [0.717, 1.165) is 0 Å². The molecule has 0 N–H and O–H groups in total. The molecule has 0 aliphatic rings. The molecule has 100 valence electrons. The van der Waals surface area contributed by atoms with Crippen LogP contribution in [-0.4, -0.2) is 5.78 Å². The van der Waals surface area contributed by atoms with Crippen LogP contribution in [-0.2, 0) is 0 Å². The number of benzene rings is 2. The van der Waals surface area contributed by atoms with Crippen LogP contribution in [0.3, 0.4) is 0 Å². The van der Waals surface area contributed by atoms with E-state index in [4.69, 9.17) is 11.6 Å². The molecule has 0 aromatic heterocycles. The van der Waals surface area contributed by atoms with Gasteiger partial charge in [-0.2, -0.15) is 5.26 Å². The van der Waals surface area contributed by atoms with Crippen molar-refractivity contribution in [2.24, 2.45) is 0 Å². The minimum atomic E-state index is -0.584. The van der Waals surface area contributed by atoms with Gasteiger partial charge in [0.15, 0.2) is 5.78 Å². The molecule has 4 heteroatoms. The molecular weight excluding hydrogens is 277 g/mol. The van der Waals surface area contributed by atoms with E-state index in [9.17, 15) is 14.4 Å². The number of carbonyl (C=O) groups excluding carboxylic acids is 1. The van der Waals surface area contributed by atoms with Crippen LogP contribution >= 0.6 is 11.6 Å². The van der Waals surface area contributed by atoms with Crippen LogP contribution in [0.2, 0.25) is 5.02 Å². The highest BCUT2D eigenvalue weighted by Crippen LogP contribution is 2.22. The van der Waals surface area contributed by atoms with E-state index in [2.05, 4.69) is 6.07 Å². The monoisotopic (exact) mass is 287 g/mol. The Morgan fingerprint density at radius 1 is 1.15 bits per heavy atom. The predicted octanol–water partition coefficient (Wildman–Crippen LogP) is 4.36. The van der Waals surface area contributed by atoms with Gasteiger partial charge in [0.25, 0.3) is 0 Å². The number of rotatable bonds is 4. The van der Waals surface area contributed by atoms with Crippen LogP contribution in [0.1, 0.15) is 28.3 Å². The third-order valence-corrected chi connectivity index (χ3v) is 3.24. The minimum Gasteiger partial charge on any atom is -0.294 e. The molecule has 2 aromatic rings. The Hall–Kier alpha value is -2.18. The van der Waals surface area contributed by atoms with Crippen molar-refractivity contribution in [3.8, 4) is 6.07 Å². The number of carbonyl (C=O) groups is 1. The first-order valence-electron chi connectivity index (χ1n) is 6.04. The molecule has 0 saturated carbocycles. The maximum atomic E-state index is 12.9. The van der Waals surface area contributed by atoms with Crippen molar-refractivity contribution in [3.05, 3.63) is 70.5 Å². The van der Waals surface area contributed by atoms with Gasteiger partial charge in [0, 0.05) is 17.0 Å². The van der Waals surface area contributed by atoms with E-state index in [1.165, 1.54) is 24.3 Å². The van der Waals surface area contributed by atoms with Gasteiger partial charge in [-0.1, -0.05) is 23.7 Å². The number of nitriles is 1. The van der Waals surface area contributed by atoms with Crippen molar-refractivity contribution in [3.63, 3.8) is 0 Å². The average Bonchev–Trinajstić information content (AvgIpc) is 2.46. The van der Waals surface area contributed by atoms with Crippen molar-refractivity contribution in [1.29, 1.82) is 5.26 Å². The van der Waals surface area contributed by atoms with Gasteiger partial charge in [-0.05, 0) is 42.0 Å². The van der Waals surface area contributed by atoms with Crippen LogP contribution in [0.15, 0.2) is 48.5 Å². The number of hydrogen-bond donors (Lipinski definition) is 0. The minimum absolute atomic E-state index is 0.0593. The number of Topliss-reactive ketones (excluding diaryl/α,β-unsaturated/α-hetero) is 1. The lowest BCUT2D eigenvalue weighted by molar-refractivity contribution is 0.0979. The van der Waals surface area contributed by atoms with Gasteiger partial charge in [0.2, 0.25) is 0 Å². The summed E-state index contributed by atoms with van der Waals surface area (Å²) in [7, 11) is 0. The van der Waals surface area contributed by atoms with Crippen molar-refractivity contribution >= 4 is 17.4 Å². The fraction of sp³-hybridized carbons (Fsp3) is 0.125. The number of ketones is 1. The molecule has 0 spiro atoms. The molecule has 0 heterocycles. The molecule has 1 atom stereocenters. The summed E-state index contributed by atoms with van der Waals surface area (Å²) >= 11 is 5.76. The molecule has 0 fully saturated rings. The maximum absolute atomic E-state index is 12.9. The highest BCUT2D eigenvalue weighted by molar-refractivity contribution is 6.30. The van der Waals surface area contributed by atoms with E-state index < -0.39 is 5.92 Å². The van der Waals surface area contributed by atoms with Gasteiger partial charge >= 0.3 is 0 Å². The topological polar surface area (TPSA) is 40.9 Å². The van der Waals surface area contributed by atoms with E-state index in [-0.39, 0.29) is 18.0 Å². The van der Waals surface area contributed by atoms with Gasteiger partial charge in [-0.25, -0.2) is 4.39 Å². The van der Waals surface area contributed by atoms with Crippen molar-refractivity contribution < 1.29 is 9.18 Å². The third kappa shape index (κ3) is 3.43.